The Labute approximate surface area is 206 Å². The molecule has 2 saturated heterocycles. The second kappa shape index (κ2) is 9.43. The van der Waals surface area contributed by atoms with Crippen molar-refractivity contribution in [2.24, 2.45) is 0 Å². The second-order valence-electron chi connectivity index (χ2n) is 9.59. The van der Waals surface area contributed by atoms with Crippen LogP contribution < -0.4 is 4.90 Å². The first kappa shape index (κ1) is 22.2. The molecule has 0 atom stereocenters. The van der Waals surface area contributed by atoms with Gasteiger partial charge in [0.15, 0.2) is 5.65 Å². The SMILES string of the molecule is CCc1nn(C2CCOCC2)c2nc(-c3ccnn3-c3ccc(N4CCN(C)CC4)cc3)ccc12. The highest BCUT2D eigenvalue weighted by Crippen LogP contribution is 2.30. The number of ether oxygens (including phenoxy) is 1. The van der Waals surface area contributed by atoms with E-state index in [4.69, 9.17) is 14.8 Å². The minimum Gasteiger partial charge on any atom is -0.381 e. The Balaban J connectivity index is 1.33. The lowest BCUT2D eigenvalue weighted by molar-refractivity contribution is 0.0672. The van der Waals surface area contributed by atoms with Crippen LogP contribution in [0.2, 0.25) is 0 Å². The number of benzene rings is 1. The lowest BCUT2D eigenvalue weighted by Crippen LogP contribution is -2.44. The quantitative estimate of drug-likeness (QED) is 0.439. The summed E-state index contributed by atoms with van der Waals surface area (Å²) in [5.74, 6) is 0. The molecular weight excluding hydrogens is 438 g/mol. The molecule has 2 aliphatic heterocycles. The van der Waals surface area contributed by atoms with E-state index in [1.165, 1.54) is 5.69 Å². The van der Waals surface area contributed by atoms with Gasteiger partial charge in [-0.05, 0) is 68.8 Å². The van der Waals surface area contributed by atoms with Crippen LogP contribution >= 0.6 is 0 Å². The minimum atomic E-state index is 0.335. The molecular formula is C27H33N7O. The van der Waals surface area contributed by atoms with Crippen LogP contribution in [0.3, 0.4) is 0 Å². The molecule has 35 heavy (non-hydrogen) atoms. The van der Waals surface area contributed by atoms with Crippen LogP contribution in [0.4, 0.5) is 5.69 Å². The largest absolute Gasteiger partial charge is 0.381 e. The first-order valence-electron chi connectivity index (χ1n) is 12.8. The highest BCUT2D eigenvalue weighted by molar-refractivity contribution is 5.81. The second-order valence-corrected chi connectivity index (χ2v) is 9.59. The topological polar surface area (TPSA) is 64.2 Å². The van der Waals surface area contributed by atoms with Gasteiger partial charge in [0.1, 0.15) is 0 Å². The Morgan fingerprint density at radius 1 is 0.914 bits per heavy atom. The monoisotopic (exact) mass is 471 g/mol. The summed E-state index contributed by atoms with van der Waals surface area (Å²) in [5, 5.41) is 10.8. The van der Waals surface area contributed by atoms with E-state index in [-0.39, 0.29) is 0 Å². The smallest absolute Gasteiger partial charge is 0.159 e. The van der Waals surface area contributed by atoms with Crippen molar-refractivity contribution in [2.75, 3.05) is 51.3 Å². The summed E-state index contributed by atoms with van der Waals surface area (Å²) in [4.78, 5) is 9.96. The number of aromatic nitrogens is 5. The van der Waals surface area contributed by atoms with Crippen molar-refractivity contribution in [1.82, 2.24) is 29.4 Å². The van der Waals surface area contributed by atoms with E-state index in [9.17, 15) is 0 Å². The van der Waals surface area contributed by atoms with E-state index in [1.807, 2.05) is 16.9 Å². The molecule has 0 saturated carbocycles. The number of piperazine rings is 1. The molecule has 2 aliphatic rings. The maximum atomic E-state index is 5.59. The number of pyridine rings is 1. The maximum Gasteiger partial charge on any atom is 0.159 e. The molecule has 0 aliphatic carbocycles. The summed E-state index contributed by atoms with van der Waals surface area (Å²) in [6, 6.07) is 15.4. The molecule has 8 nitrogen and oxygen atoms in total. The molecule has 0 amide bonds. The van der Waals surface area contributed by atoms with Gasteiger partial charge in [0.25, 0.3) is 0 Å². The molecule has 3 aromatic heterocycles. The summed E-state index contributed by atoms with van der Waals surface area (Å²) in [6.45, 7) is 8.05. The van der Waals surface area contributed by atoms with Gasteiger partial charge in [-0.2, -0.15) is 10.2 Å². The zero-order valence-electron chi connectivity index (χ0n) is 20.6. The maximum absolute atomic E-state index is 5.59. The Morgan fingerprint density at radius 2 is 1.66 bits per heavy atom. The zero-order chi connectivity index (χ0) is 23.8. The minimum absolute atomic E-state index is 0.335. The molecule has 0 N–H and O–H groups in total. The fourth-order valence-corrected chi connectivity index (χ4v) is 5.24. The van der Waals surface area contributed by atoms with Gasteiger partial charge in [0.2, 0.25) is 0 Å². The van der Waals surface area contributed by atoms with Gasteiger partial charge in [-0.3, -0.25) is 0 Å². The molecule has 0 radical (unpaired) electrons. The summed E-state index contributed by atoms with van der Waals surface area (Å²) in [7, 11) is 2.19. The van der Waals surface area contributed by atoms with Gasteiger partial charge in [0.05, 0.1) is 35.0 Å². The van der Waals surface area contributed by atoms with E-state index in [2.05, 4.69) is 69.9 Å². The van der Waals surface area contributed by atoms with E-state index < -0.39 is 0 Å². The molecule has 1 aromatic carbocycles. The Hall–Kier alpha value is -3.23. The van der Waals surface area contributed by atoms with E-state index >= 15 is 0 Å². The van der Waals surface area contributed by atoms with E-state index in [0.717, 1.165) is 92.5 Å². The van der Waals surface area contributed by atoms with Crippen LogP contribution in [0.1, 0.15) is 31.5 Å². The van der Waals surface area contributed by atoms with Crippen LogP contribution in [-0.4, -0.2) is 75.9 Å². The fourth-order valence-electron chi connectivity index (χ4n) is 5.24. The number of hydrogen-bond donors (Lipinski definition) is 0. The first-order chi connectivity index (χ1) is 17.2. The summed E-state index contributed by atoms with van der Waals surface area (Å²) < 4.78 is 9.72. The third-order valence-corrected chi connectivity index (χ3v) is 7.37. The zero-order valence-corrected chi connectivity index (χ0v) is 20.6. The van der Waals surface area contributed by atoms with Gasteiger partial charge in [-0.25, -0.2) is 14.3 Å². The number of aryl methyl sites for hydroxylation is 1. The van der Waals surface area contributed by atoms with Crippen LogP contribution in [0.15, 0.2) is 48.7 Å². The predicted octanol–water partition coefficient (Wildman–Crippen LogP) is 3.95. The van der Waals surface area contributed by atoms with Crippen LogP contribution in [0, 0.1) is 0 Å². The molecule has 0 bridgehead atoms. The highest BCUT2D eigenvalue weighted by Gasteiger charge is 2.22. The van der Waals surface area contributed by atoms with Gasteiger partial charge in [-0.1, -0.05) is 6.92 Å². The van der Waals surface area contributed by atoms with Gasteiger partial charge < -0.3 is 14.5 Å². The van der Waals surface area contributed by atoms with Gasteiger partial charge in [0, 0.05) is 50.5 Å². The molecule has 6 rings (SSSR count). The molecule has 0 unspecified atom stereocenters. The standard InChI is InChI=1S/C27H33N7O/c1-3-24-23-8-9-25(29-27(23)34(30-24)22-11-18-35-19-12-22)26-10-13-28-33(26)21-6-4-20(5-7-21)32-16-14-31(2)15-17-32/h4-10,13,22H,3,11-12,14-19H2,1-2H3. The first-order valence-corrected chi connectivity index (χ1v) is 12.8. The van der Waals surface area contributed by atoms with Gasteiger partial charge in [-0.15, -0.1) is 0 Å². The van der Waals surface area contributed by atoms with Crippen molar-refractivity contribution in [2.45, 2.75) is 32.2 Å². The number of nitrogens with zero attached hydrogens (tertiary/aromatic N) is 7. The summed E-state index contributed by atoms with van der Waals surface area (Å²) in [5.41, 5.74) is 6.27. The lowest BCUT2D eigenvalue weighted by Gasteiger charge is -2.34. The highest BCUT2D eigenvalue weighted by atomic mass is 16.5. The van der Waals surface area contributed by atoms with E-state index in [1.54, 1.807) is 0 Å². The molecule has 0 spiro atoms. The van der Waals surface area contributed by atoms with Crippen molar-refractivity contribution in [1.29, 1.82) is 0 Å². The third kappa shape index (κ3) is 4.21. The third-order valence-electron chi connectivity index (χ3n) is 7.37. The van der Waals surface area contributed by atoms with Crippen molar-refractivity contribution in [3.63, 3.8) is 0 Å². The average Bonchev–Trinajstić information content (AvgIpc) is 3.55. The summed E-state index contributed by atoms with van der Waals surface area (Å²) in [6.07, 6.45) is 4.70. The van der Waals surface area contributed by atoms with Crippen LogP contribution in [-0.2, 0) is 11.2 Å². The normalized spacial score (nSPS) is 17.9. The van der Waals surface area contributed by atoms with Crippen molar-refractivity contribution in [3.8, 4) is 17.1 Å². The Bertz CT molecular complexity index is 1300. The van der Waals surface area contributed by atoms with E-state index in [0.29, 0.717) is 6.04 Å². The van der Waals surface area contributed by atoms with Crippen molar-refractivity contribution >= 4 is 16.7 Å². The van der Waals surface area contributed by atoms with Crippen LogP contribution in [0.25, 0.3) is 28.1 Å². The lowest BCUT2D eigenvalue weighted by atomic mass is 10.1. The molecule has 5 heterocycles. The van der Waals surface area contributed by atoms with Crippen molar-refractivity contribution < 1.29 is 4.74 Å². The molecule has 4 aromatic rings. The number of fused-ring (bicyclic) bond motifs is 1. The molecule has 8 heteroatoms. The fraction of sp³-hybridized carbons (Fsp3) is 0.444. The average molecular weight is 472 g/mol. The van der Waals surface area contributed by atoms with Crippen molar-refractivity contribution in [3.05, 3.63) is 54.4 Å². The number of rotatable bonds is 5. The van der Waals surface area contributed by atoms with Gasteiger partial charge >= 0.3 is 0 Å². The predicted molar refractivity (Wildman–Crippen MR) is 138 cm³/mol. The number of anilines is 1. The molecule has 2 fully saturated rings. The van der Waals surface area contributed by atoms with Crippen LogP contribution in [0.5, 0.6) is 0 Å². The Morgan fingerprint density at radius 3 is 2.40 bits per heavy atom. The summed E-state index contributed by atoms with van der Waals surface area (Å²) >= 11 is 0. The number of likely N-dealkylation sites (N-methyl/N-ethyl adjacent to an activating group) is 1. The molecule has 182 valence electrons. The number of hydrogen-bond acceptors (Lipinski definition) is 6. The Kier molecular flexibility index (Phi) is 6.00.